The quantitative estimate of drug-likeness (QED) is 0.811. The fourth-order valence-electron chi connectivity index (χ4n) is 3.39. The molecule has 2 N–H and O–H groups in total. The van der Waals surface area contributed by atoms with Gasteiger partial charge in [0.25, 0.3) is 0 Å². The van der Waals surface area contributed by atoms with Crippen LogP contribution in [-0.2, 0) is 17.9 Å². The summed E-state index contributed by atoms with van der Waals surface area (Å²) in [6.07, 6.45) is 1.58. The molecule has 5 heteroatoms. The Labute approximate surface area is 168 Å². The molecule has 0 bridgehead atoms. The first-order valence-electron chi connectivity index (χ1n) is 9.11. The highest BCUT2D eigenvalue weighted by Gasteiger charge is 2.47. The molecule has 0 atom stereocenters. The third-order valence-corrected chi connectivity index (χ3v) is 4.97. The van der Waals surface area contributed by atoms with Crippen molar-refractivity contribution in [3.8, 4) is 5.75 Å². The number of ether oxygens (including phenoxy) is 1. The van der Waals surface area contributed by atoms with Crippen molar-refractivity contribution in [2.75, 3.05) is 7.05 Å². The smallest absolute Gasteiger partial charge is 0.242 e. The van der Waals surface area contributed by atoms with E-state index in [-0.39, 0.29) is 18.3 Å². The number of rotatable bonds is 6. The van der Waals surface area contributed by atoms with Crippen LogP contribution in [0.5, 0.6) is 5.75 Å². The number of benzene rings is 2. The van der Waals surface area contributed by atoms with Gasteiger partial charge in [-0.2, -0.15) is 0 Å². The summed E-state index contributed by atoms with van der Waals surface area (Å²) in [6.45, 7) is 7.30. The van der Waals surface area contributed by atoms with Gasteiger partial charge < -0.3 is 15.4 Å². The number of halogens is 1. The van der Waals surface area contributed by atoms with E-state index in [2.05, 4.69) is 51.1 Å². The Morgan fingerprint density at radius 2 is 1.74 bits per heavy atom. The molecular formula is C22H29ClN2O2. The lowest BCUT2D eigenvalue weighted by molar-refractivity contribution is -0.132. The summed E-state index contributed by atoms with van der Waals surface area (Å²) >= 11 is 0. The third-order valence-electron chi connectivity index (χ3n) is 4.97. The zero-order valence-electron chi connectivity index (χ0n) is 16.5. The Bertz CT molecular complexity index is 808. The topological polar surface area (TPSA) is 55.6 Å². The molecule has 4 nitrogen and oxygen atoms in total. The summed E-state index contributed by atoms with van der Waals surface area (Å²) in [5.74, 6) is 0.953. The lowest BCUT2D eigenvalue weighted by atomic mass is 10.0. The summed E-state index contributed by atoms with van der Waals surface area (Å²) in [5, 5.41) is 0. The van der Waals surface area contributed by atoms with Crippen LogP contribution in [0.3, 0.4) is 0 Å². The van der Waals surface area contributed by atoms with Crippen LogP contribution < -0.4 is 10.5 Å². The first-order valence-corrected chi connectivity index (χ1v) is 9.11. The predicted octanol–water partition coefficient (Wildman–Crippen LogP) is 4.06. The second-order valence-corrected chi connectivity index (χ2v) is 7.65. The molecule has 0 aromatic heterocycles. The molecule has 0 heterocycles. The molecule has 0 aliphatic heterocycles. The minimum atomic E-state index is -0.615. The summed E-state index contributed by atoms with van der Waals surface area (Å²) in [6, 6.07) is 12.5. The Morgan fingerprint density at radius 3 is 2.30 bits per heavy atom. The average molecular weight is 389 g/mol. The van der Waals surface area contributed by atoms with Crippen molar-refractivity contribution in [1.82, 2.24) is 4.90 Å². The fraction of sp³-hybridized carbons (Fsp3) is 0.409. The molecule has 0 radical (unpaired) electrons. The highest BCUT2D eigenvalue weighted by Crippen LogP contribution is 2.34. The normalized spacial score (nSPS) is 14.3. The van der Waals surface area contributed by atoms with Crippen LogP contribution in [-0.4, -0.2) is 23.4 Å². The minimum Gasteiger partial charge on any atom is -0.488 e. The lowest BCUT2D eigenvalue weighted by Crippen LogP contribution is -2.43. The molecule has 1 saturated carbocycles. The van der Waals surface area contributed by atoms with Gasteiger partial charge in [-0.3, -0.25) is 4.79 Å². The number of aryl methyl sites for hydroxylation is 3. The Kier molecular flexibility index (Phi) is 6.55. The molecule has 146 valence electrons. The summed E-state index contributed by atoms with van der Waals surface area (Å²) in [4.78, 5) is 14.1. The molecule has 0 saturated heterocycles. The lowest BCUT2D eigenvalue weighted by Gasteiger charge is -2.22. The van der Waals surface area contributed by atoms with Crippen LogP contribution in [0.2, 0.25) is 0 Å². The van der Waals surface area contributed by atoms with Gasteiger partial charge in [-0.15, -0.1) is 12.4 Å². The predicted molar refractivity (Wildman–Crippen MR) is 111 cm³/mol. The molecule has 0 spiro atoms. The molecule has 2 aromatic rings. The summed E-state index contributed by atoms with van der Waals surface area (Å²) in [7, 11) is 1.82. The standard InChI is InChI=1S/C22H28N2O2.ClH/c1-15-6-5-7-18(10-15)14-26-20-16(2)11-19(12-17(20)3)13-24(4)21(25)22(23)8-9-22;/h5-7,10-12H,8-9,13-14,23H2,1-4H3;1H. The van der Waals surface area contributed by atoms with Crippen LogP contribution in [0.15, 0.2) is 36.4 Å². The number of hydrogen-bond donors (Lipinski definition) is 1. The molecule has 2 aromatic carbocycles. The van der Waals surface area contributed by atoms with Gasteiger partial charge in [0.1, 0.15) is 12.4 Å². The van der Waals surface area contributed by atoms with Crippen molar-refractivity contribution in [2.45, 2.75) is 52.3 Å². The Morgan fingerprint density at radius 1 is 1.11 bits per heavy atom. The fourth-order valence-corrected chi connectivity index (χ4v) is 3.39. The Balaban J connectivity index is 0.00000261. The summed E-state index contributed by atoms with van der Waals surface area (Å²) in [5.41, 5.74) is 11.1. The van der Waals surface area contributed by atoms with E-state index in [0.29, 0.717) is 13.2 Å². The SMILES string of the molecule is Cc1cccc(COc2c(C)cc(CN(C)C(=O)C3(N)CC3)cc2C)c1.Cl. The van der Waals surface area contributed by atoms with E-state index in [1.165, 1.54) is 5.56 Å². The largest absolute Gasteiger partial charge is 0.488 e. The number of nitrogens with two attached hydrogens (primary N) is 1. The molecule has 1 aliphatic carbocycles. The highest BCUT2D eigenvalue weighted by atomic mass is 35.5. The van der Waals surface area contributed by atoms with Crippen LogP contribution in [0, 0.1) is 20.8 Å². The summed E-state index contributed by atoms with van der Waals surface area (Å²) < 4.78 is 6.08. The van der Waals surface area contributed by atoms with Gasteiger partial charge in [0.05, 0.1) is 5.54 Å². The van der Waals surface area contributed by atoms with Crippen molar-refractivity contribution >= 4 is 18.3 Å². The van der Waals surface area contributed by atoms with E-state index >= 15 is 0 Å². The molecule has 27 heavy (non-hydrogen) atoms. The minimum absolute atomic E-state index is 0. The van der Waals surface area contributed by atoms with E-state index in [4.69, 9.17) is 10.5 Å². The molecular weight excluding hydrogens is 360 g/mol. The zero-order chi connectivity index (χ0) is 18.9. The van der Waals surface area contributed by atoms with Gasteiger partial charge in [-0.05, 0) is 55.9 Å². The van der Waals surface area contributed by atoms with Crippen molar-refractivity contribution in [3.63, 3.8) is 0 Å². The molecule has 1 aliphatic rings. The second kappa shape index (κ2) is 8.32. The van der Waals surface area contributed by atoms with Crippen LogP contribution >= 0.6 is 12.4 Å². The number of amides is 1. The molecule has 1 amide bonds. The first kappa shape index (κ1) is 21.3. The third kappa shape index (κ3) is 5.02. The van der Waals surface area contributed by atoms with E-state index in [9.17, 15) is 4.79 Å². The zero-order valence-corrected chi connectivity index (χ0v) is 17.4. The Hall–Kier alpha value is -2.04. The van der Waals surface area contributed by atoms with Crippen molar-refractivity contribution in [2.24, 2.45) is 5.73 Å². The van der Waals surface area contributed by atoms with Gasteiger partial charge in [0, 0.05) is 13.6 Å². The number of hydrogen-bond acceptors (Lipinski definition) is 3. The maximum Gasteiger partial charge on any atom is 0.242 e. The number of carbonyl (C=O) groups is 1. The van der Waals surface area contributed by atoms with Crippen molar-refractivity contribution < 1.29 is 9.53 Å². The van der Waals surface area contributed by atoms with Gasteiger partial charge >= 0.3 is 0 Å². The maximum atomic E-state index is 12.3. The van der Waals surface area contributed by atoms with Gasteiger partial charge in [-0.25, -0.2) is 0 Å². The van der Waals surface area contributed by atoms with Crippen LogP contribution in [0.25, 0.3) is 0 Å². The molecule has 1 fully saturated rings. The monoisotopic (exact) mass is 388 g/mol. The second-order valence-electron chi connectivity index (χ2n) is 7.65. The number of carbonyl (C=O) groups excluding carboxylic acids is 1. The van der Waals surface area contributed by atoms with Gasteiger partial charge in [0.2, 0.25) is 5.91 Å². The van der Waals surface area contributed by atoms with Crippen LogP contribution in [0.1, 0.15) is 40.7 Å². The molecule has 0 unspecified atom stereocenters. The number of likely N-dealkylation sites (N-methyl/N-ethyl adjacent to an activating group) is 1. The number of nitrogens with zero attached hydrogens (tertiary/aromatic N) is 1. The van der Waals surface area contributed by atoms with Crippen molar-refractivity contribution in [3.05, 3.63) is 64.2 Å². The average Bonchev–Trinajstić information content (AvgIpc) is 3.32. The van der Waals surface area contributed by atoms with E-state index in [1.54, 1.807) is 4.90 Å². The van der Waals surface area contributed by atoms with Crippen molar-refractivity contribution in [1.29, 1.82) is 0 Å². The van der Waals surface area contributed by atoms with E-state index in [1.807, 2.05) is 13.1 Å². The molecule has 3 rings (SSSR count). The van der Waals surface area contributed by atoms with E-state index in [0.717, 1.165) is 40.8 Å². The van der Waals surface area contributed by atoms with Gasteiger partial charge in [-0.1, -0.05) is 42.0 Å². The van der Waals surface area contributed by atoms with E-state index < -0.39 is 5.54 Å². The first-order chi connectivity index (χ1) is 12.3. The highest BCUT2D eigenvalue weighted by molar-refractivity contribution is 5.88. The maximum absolute atomic E-state index is 12.3. The van der Waals surface area contributed by atoms with Crippen LogP contribution in [0.4, 0.5) is 0 Å². The van der Waals surface area contributed by atoms with Gasteiger partial charge in [0.15, 0.2) is 0 Å².